The van der Waals surface area contributed by atoms with Gasteiger partial charge in [-0.1, -0.05) is 18.7 Å². The Kier molecular flexibility index (Phi) is 5.48. The Bertz CT molecular complexity index is 455. The van der Waals surface area contributed by atoms with Gasteiger partial charge in [-0.2, -0.15) is 0 Å². The van der Waals surface area contributed by atoms with Crippen molar-refractivity contribution >= 4 is 17.7 Å². The molecular weight excluding hydrogens is 274 g/mol. The van der Waals surface area contributed by atoms with Gasteiger partial charge in [0, 0.05) is 19.3 Å². The monoisotopic (exact) mass is 297 g/mol. The minimum atomic E-state index is -0.799. The summed E-state index contributed by atoms with van der Waals surface area (Å²) in [7, 11) is 0. The quantitative estimate of drug-likeness (QED) is 0.781. The highest BCUT2D eigenvalue weighted by atomic mass is 32.2. The van der Waals surface area contributed by atoms with Crippen LogP contribution in [-0.4, -0.2) is 50.9 Å². The van der Waals surface area contributed by atoms with Crippen LogP contribution in [0.2, 0.25) is 0 Å². The van der Waals surface area contributed by atoms with Gasteiger partial charge in [-0.15, -0.1) is 0 Å². The van der Waals surface area contributed by atoms with Crippen LogP contribution >= 0.6 is 11.8 Å². The topological polar surface area (TPSA) is 58.4 Å². The molecule has 1 N–H and O–H groups in total. The summed E-state index contributed by atoms with van der Waals surface area (Å²) in [5, 5.41) is 9.60. The molecule has 0 aromatic carbocycles. The van der Waals surface area contributed by atoms with E-state index in [2.05, 4.69) is 21.4 Å². The van der Waals surface area contributed by atoms with Gasteiger partial charge in [0.15, 0.2) is 5.16 Å². The molecule has 1 saturated heterocycles. The number of aliphatic carboxylic acids is 1. The predicted molar refractivity (Wildman–Crippen MR) is 80.2 cm³/mol. The fourth-order valence-electron chi connectivity index (χ4n) is 2.70. The summed E-state index contributed by atoms with van der Waals surface area (Å²) < 4.78 is 2.10. The number of aryl methyl sites for hydroxylation is 1. The van der Waals surface area contributed by atoms with Crippen LogP contribution in [0.3, 0.4) is 0 Å². The number of aromatic nitrogens is 2. The second kappa shape index (κ2) is 7.13. The van der Waals surface area contributed by atoms with E-state index in [0.717, 1.165) is 23.9 Å². The SMILES string of the molecule is Cc1cn(CC(C)CN2CCCC2)c(SCC(=O)O)n1. The van der Waals surface area contributed by atoms with Gasteiger partial charge in [-0.25, -0.2) is 4.98 Å². The molecule has 1 aliphatic heterocycles. The Balaban J connectivity index is 1.91. The van der Waals surface area contributed by atoms with Crippen LogP contribution in [0.15, 0.2) is 11.4 Å². The lowest BCUT2D eigenvalue weighted by atomic mass is 10.1. The van der Waals surface area contributed by atoms with Gasteiger partial charge in [0.1, 0.15) is 0 Å². The third-order valence-corrected chi connectivity index (χ3v) is 4.44. The molecule has 1 fully saturated rings. The lowest BCUT2D eigenvalue weighted by Crippen LogP contribution is -2.27. The van der Waals surface area contributed by atoms with Gasteiger partial charge in [-0.05, 0) is 38.8 Å². The highest BCUT2D eigenvalue weighted by Crippen LogP contribution is 2.20. The standard InChI is InChI=1S/C14H23N3O2S/c1-11(7-16-5-3-4-6-16)8-17-9-12(2)15-14(17)20-10-13(18)19/h9,11H,3-8,10H2,1-2H3,(H,18,19). The van der Waals surface area contributed by atoms with Gasteiger partial charge >= 0.3 is 5.97 Å². The molecule has 0 bridgehead atoms. The summed E-state index contributed by atoms with van der Waals surface area (Å²) in [5.41, 5.74) is 0.950. The van der Waals surface area contributed by atoms with Crippen molar-refractivity contribution < 1.29 is 9.90 Å². The molecule has 0 radical (unpaired) electrons. The number of hydrogen-bond acceptors (Lipinski definition) is 4. The van der Waals surface area contributed by atoms with Gasteiger partial charge in [0.05, 0.1) is 11.4 Å². The van der Waals surface area contributed by atoms with Crippen LogP contribution in [-0.2, 0) is 11.3 Å². The second-order valence-corrected chi connectivity index (χ2v) is 6.56. The van der Waals surface area contributed by atoms with E-state index in [0.29, 0.717) is 5.92 Å². The molecule has 0 saturated carbocycles. The van der Waals surface area contributed by atoms with E-state index in [4.69, 9.17) is 5.11 Å². The minimum absolute atomic E-state index is 0.0664. The van der Waals surface area contributed by atoms with Crippen molar-refractivity contribution in [2.24, 2.45) is 5.92 Å². The first-order valence-corrected chi connectivity index (χ1v) is 8.14. The van der Waals surface area contributed by atoms with Crippen molar-refractivity contribution in [3.8, 4) is 0 Å². The number of imidazole rings is 1. The van der Waals surface area contributed by atoms with E-state index in [9.17, 15) is 4.79 Å². The molecule has 2 heterocycles. The zero-order valence-electron chi connectivity index (χ0n) is 12.2. The summed E-state index contributed by atoms with van der Waals surface area (Å²) >= 11 is 1.30. The fraction of sp³-hybridized carbons (Fsp3) is 0.714. The molecule has 1 aromatic rings. The molecule has 0 spiro atoms. The maximum atomic E-state index is 10.7. The van der Waals surface area contributed by atoms with Crippen molar-refractivity contribution in [1.82, 2.24) is 14.5 Å². The molecule has 0 aliphatic carbocycles. The third-order valence-electron chi connectivity index (χ3n) is 3.46. The van der Waals surface area contributed by atoms with E-state index >= 15 is 0 Å². The highest BCUT2D eigenvalue weighted by Gasteiger charge is 2.16. The fourth-order valence-corrected chi connectivity index (χ4v) is 3.45. The van der Waals surface area contributed by atoms with Crippen molar-refractivity contribution in [2.75, 3.05) is 25.4 Å². The number of carboxylic acids is 1. The third kappa shape index (κ3) is 4.52. The molecule has 20 heavy (non-hydrogen) atoms. The summed E-state index contributed by atoms with van der Waals surface area (Å²) in [6, 6.07) is 0. The maximum absolute atomic E-state index is 10.7. The molecule has 5 nitrogen and oxygen atoms in total. The number of nitrogens with zero attached hydrogens (tertiary/aromatic N) is 3. The summed E-state index contributed by atoms with van der Waals surface area (Å²) in [6.07, 6.45) is 4.65. The first-order valence-electron chi connectivity index (χ1n) is 7.15. The molecule has 1 aromatic heterocycles. The first-order chi connectivity index (χ1) is 9.54. The number of carboxylic acid groups (broad SMARTS) is 1. The van der Waals surface area contributed by atoms with Gasteiger partial charge in [0.25, 0.3) is 0 Å². The van der Waals surface area contributed by atoms with Crippen LogP contribution in [0.25, 0.3) is 0 Å². The summed E-state index contributed by atoms with van der Waals surface area (Å²) in [4.78, 5) is 17.6. The number of rotatable bonds is 7. The van der Waals surface area contributed by atoms with Crippen LogP contribution < -0.4 is 0 Å². The van der Waals surface area contributed by atoms with Crippen LogP contribution in [0.4, 0.5) is 0 Å². The molecule has 2 rings (SSSR count). The van der Waals surface area contributed by atoms with E-state index in [1.807, 2.05) is 13.1 Å². The number of thioether (sulfide) groups is 1. The van der Waals surface area contributed by atoms with Crippen LogP contribution in [0.5, 0.6) is 0 Å². The summed E-state index contributed by atoms with van der Waals surface area (Å²) in [6.45, 7) is 8.65. The van der Waals surface area contributed by atoms with Gasteiger partial charge in [-0.3, -0.25) is 4.79 Å². The Morgan fingerprint density at radius 3 is 2.80 bits per heavy atom. The van der Waals surface area contributed by atoms with Crippen LogP contribution in [0, 0.1) is 12.8 Å². The molecule has 1 atom stereocenters. The lowest BCUT2D eigenvalue weighted by Gasteiger charge is -2.21. The Morgan fingerprint density at radius 2 is 2.15 bits per heavy atom. The summed E-state index contributed by atoms with van der Waals surface area (Å²) in [5.74, 6) is -0.185. The molecule has 1 unspecified atom stereocenters. The van der Waals surface area contributed by atoms with Gasteiger partial charge in [0.2, 0.25) is 0 Å². The maximum Gasteiger partial charge on any atom is 0.313 e. The average molecular weight is 297 g/mol. The smallest absolute Gasteiger partial charge is 0.313 e. The lowest BCUT2D eigenvalue weighted by molar-refractivity contribution is -0.133. The largest absolute Gasteiger partial charge is 0.481 e. The Hall–Kier alpha value is -1.01. The van der Waals surface area contributed by atoms with Crippen molar-refractivity contribution in [3.05, 3.63) is 11.9 Å². The zero-order valence-corrected chi connectivity index (χ0v) is 13.0. The number of likely N-dealkylation sites (tertiary alicyclic amines) is 1. The molecule has 1 aliphatic rings. The first kappa shape index (κ1) is 15.4. The average Bonchev–Trinajstić information content (AvgIpc) is 2.96. The van der Waals surface area contributed by atoms with Gasteiger partial charge < -0.3 is 14.6 Å². The van der Waals surface area contributed by atoms with Crippen molar-refractivity contribution in [1.29, 1.82) is 0 Å². The molecular formula is C14H23N3O2S. The van der Waals surface area contributed by atoms with Crippen molar-refractivity contribution in [2.45, 2.75) is 38.4 Å². The molecule has 112 valence electrons. The van der Waals surface area contributed by atoms with Crippen LogP contribution in [0.1, 0.15) is 25.5 Å². The Morgan fingerprint density at radius 1 is 1.45 bits per heavy atom. The molecule has 6 heteroatoms. The van der Waals surface area contributed by atoms with E-state index in [1.165, 1.54) is 37.7 Å². The normalized spacial score (nSPS) is 17.5. The number of carbonyl (C=O) groups is 1. The van der Waals surface area contributed by atoms with E-state index in [-0.39, 0.29) is 5.75 Å². The number of hydrogen-bond donors (Lipinski definition) is 1. The molecule has 0 amide bonds. The second-order valence-electron chi connectivity index (χ2n) is 5.61. The van der Waals surface area contributed by atoms with E-state index in [1.54, 1.807) is 0 Å². The highest BCUT2D eigenvalue weighted by molar-refractivity contribution is 7.99. The predicted octanol–water partition coefficient (Wildman–Crippen LogP) is 2.10. The zero-order chi connectivity index (χ0) is 14.5. The van der Waals surface area contributed by atoms with E-state index < -0.39 is 5.97 Å². The van der Waals surface area contributed by atoms with Crippen molar-refractivity contribution in [3.63, 3.8) is 0 Å². The Labute approximate surface area is 124 Å². The minimum Gasteiger partial charge on any atom is -0.481 e.